The standard InChI is InChI=1S/C22H22N2O2/c1-11(2)13-5-7-15-17(9-13)23-21(25)19(15)20-16-8-6-14(12(3)4)10-18(16)24-22(20)26/h5-12,23,25H,1-4H3. The van der Waals surface area contributed by atoms with Crippen LogP contribution < -0.4 is 10.6 Å². The number of aromatic nitrogens is 1. The van der Waals surface area contributed by atoms with Crippen LogP contribution in [0.5, 0.6) is 5.88 Å². The Morgan fingerprint density at radius 3 is 2.31 bits per heavy atom. The molecule has 26 heavy (non-hydrogen) atoms. The number of fused-ring (bicyclic) bond motifs is 2. The van der Waals surface area contributed by atoms with Crippen molar-refractivity contribution in [2.45, 2.75) is 39.5 Å². The lowest BCUT2D eigenvalue weighted by Crippen LogP contribution is -2.24. The summed E-state index contributed by atoms with van der Waals surface area (Å²) in [6.07, 6.45) is 0. The van der Waals surface area contributed by atoms with Crippen molar-refractivity contribution in [3.8, 4) is 5.88 Å². The van der Waals surface area contributed by atoms with Gasteiger partial charge in [-0.25, -0.2) is 4.99 Å². The number of aromatic hydroxyl groups is 1. The van der Waals surface area contributed by atoms with E-state index < -0.39 is 0 Å². The van der Waals surface area contributed by atoms with E-state index in [1.807, 2.05) is 36.4 Å². The molecule has 4 rings (SSSR count). The van der Waals surface area contributed by atoms with E-state index in [1.54, 1.807) is 0 Å². The van der Waals surface area contributed by atoms with Gasteiger partial charge >= 0.3 is 0 Å². The molecule has 2 aromatic carbocycles. The van der Waals surface area contributed by atoms with Gasteiger partial charge in [0, 0.05) is 16.1 Å². The van der Waals surface area contributed by atoms with Crippen LogP contribution in [0.15, 0.2) is 41.4 Å². The summed E-state index contributed by atoms with van der Waals surface area (Å²) in [4.78, 5) is 19.9. The van der Waals surface area contributed by atoms with Gasteiger partial charge in [0.25, 0.3) is 5.91 Å². The summed E-state index contributed by atoms with van der Waals surface area (Å²) in [6, 6.07) is 12.0. The Morgan fingerprint density at radius 2 is 1.62 bits per heavy atom. The maximum absolute atomic E-state index is 12.7. The van der Waals surface area contributed by atoms with Gasteiger partial charge in [-0.15, -0.1) is 0 Å². The summed E-state index contributed by atoms with van der Waals surface area (Å²) in [5, 5.41) is 12.8. The molecule has 1 aliphatic heterocycles. The summed E-state index contributed by atoms with van der Waals surface area (Å²) < 4.78 is 0. The molecule has 1 amide bonds. The first-order valence-corrected chi connectivity index (χ1v) is 8.99. The number of nitrogens with zero attached hydrogens (tertiary/aromatic N) is 1. The minimum atomic E-state index is -0.301. The third-order valence-electron chi connectivity index (χ3n) is 5.11. The SMILES string of the molecule is CC(C)c1ccc2c(c1)=NC(=O)C=2c1c(O)[nH]c2cc(C(C)C)ccc12. The van der Waals surface area contributed by atoms with E-state index in [0.29, 0.717) is 28.3 Å². The Balaban J connectivity index is 2.00. The maximum Gasteiger partial charge on any atom is 0.279 e. The quantitative estimate of drug-likeness (QED) is 0.762. The summed E-state index contributed by atoms with van der Waals surface area (Å²) >= 11 is 0. The van der Waals surface area contributed by atoms with Gasteiger partial charge in [-0.1, -0.05) is 52.0 Å². The van der Waals surface area contributed by atoms with Crippen molar-refractivity contribution in [3.63, 3.8) is 0 Å². The predicted molar refractivity (Wildman–Crippen MR) is 103 cm³/mol. The summed E-state index contributed by atoms with van der Waals surface area (Å²) in [7, 11) is 0. The van der Waals surface area contributed by atoms with Gasteiger partial charge in [0.2, 0.25) is 0 Å². The van der Waals surface area contributed by atoms with Crippen molar-refractivity contribution in [1.29, 1.82) is 0 Å². The van der Waals surface area contributed by atoms with E-state index in [-0.39, 0.29) is 11.8 Å². The lowest BCUT2D eigenvalue weighted by atomic mass is 9.97. The fraction of sp³-hybridized carbons (Fsp3) is 0.273. The normalized spacial score (nSPS) is 13.8. The molecule has 3 aromatic rings. The van der Waals surface area contributed by atoms with Crippen LogP contribution >= 0.6 is 0 Å². The zero-order valence-electron chi connectivity index (χ0n) is 15.4. The Labute approximate surface area is 151 Å². The first kappa shape index (κ1) is 16.6. The third-order valence-corrected chi connectivity index (χ3v) is 5.11. The van der Waals surface area contributed by atoms with Crippen LogP contribution in [0.25, 0.3) is 16.5 Å². The molecule has 0 unspecified atom stereocenters. The Kier molecular flexibility index (Phi) is 3.72. The number of H-pyrrole nitrogens is 1. The van der Waals surface area contributed by atoms with Crippen molar-refractivity contribution < 1.29 is 9.90 Å². The van der Waals surface area contributed by atoms with Crippen LogP contribution in [0.1, 0.15) is 56.2 Å². The number of amides is 1. The zero-order valence-corrected chi connectivity index (χ0v) is 15.4. The molecule has 0 fully saturated rings. The number of nitrogens with one attached hydrogen (secondary N) is 1. The number of hydrogen-bond acceptors (Lipinski definition) is 2. The van der Waals surface area contributed by atoms with Gasteiger partial charge in [-0.2, -0.15) is 0 Å². The second-order valence-corrected chi connectivity index (χ2v) is 7.53. The first-order chi connectivity index (χ1) is 12.4. The highest BCUT2D eigenvalue weighted by Crippen LogP contribution is 2.34. The first-order valence-electron chi connectivity index (χ1n) is 8.99. The molecule has 132 valence electrons. The molecule has 0 saturated heterocycles. The number of benzene rings is 2. The Morgan fingerprint density at radius 1 is 0.962 bits per heavy atom. The average molecular weight is 346 g/mol. The van der Waals surface area contributed by atoms with E-state index in [1.165, 1.54) is 5.56 Å². The molecule has 0 radical (unpaired) electrons. The molecule has 0 saturated carbocycles. The van der Waals surface area contributed by atoms with Crippen LogP contribution in [-0.4, -0.2) is 16.0 Å². The van der Waals surface area contributed by atoms with Crippen molar-refractivity contribution >= 4 is 22.4 Å². The van der Waals surface area contributed by atoms with E-state index in [4.69, 9.17) is 0 Å². The number of carbonyl (C=O) groups excluding carboxylic acids is 1. The molecule has 0 spiro atoms. The summed E-state index contributed by atoms with van der Waals surface area (Å²) in [5.41, 5.74) is 4.17. The van der Waals surface area contributed by atoms with E-state index in [0.717, 1.165) is 21.7 Å². The van der Waals surface area contributed by atoms with Gasteiger partial charge in [0.05, 0.1) is 16.5 Å². The van der Waals surface area contributed by atoms with Gasteiger partial charge in [-0.05, 0) is 35.1 Å². The van der Waals surface area contributed by atoms with Crippen LogP contribution in [0, 0.1) is 0 Å². The molecule has 2 N–H and O–H groups in total. The highest BCUT2D eigenvalue weighted by atomic mass is 16.3. The highest BCUT2D eigenvalue weighted by molar-refractivity contribution is 6.24. The molecule has 1 aliphatic rings. The Hall–Kier alpha value is -2.88. The molecular weight excluding hydrogens is 324 g/mol. The van der Waals surface area contributed by atoms with Gasteiger partial charge in [-0.3, -0.25) is 4.79 Å². The molecular formula is C22H22N2O2. The largest absolute Gasteiger partial charge is 0.494 e. The van der Waals surface area contributed by atoms with Crippen LogP contribution in [-0.2, 0) is 4.79 Å². The topological polar surface area (TPSA) is 65.4 Å². The van der Waals surface area contributed by atoms with E-state index in [9.17, 15) is 9.90 Å². The van der Waals surface area contributed by atoms with Gasteiger partial charge in [0.1, 0.15) is 0 Å². The molecule has 4 nitrogen and oxygen atoms in total. The summed E-state index contributed by atoms with van der Waals surface area (Å²) in [6.45, 7) is 8.48. The fourth-order valence-electron chi connectivity index (χ4n) is 3.55. The molecule has 0 atom stereocenters. The minimum absolute atomic E-state index is 0.0141. The van der Waals surface area contributed by atoms with Crippen molar-refractivity contribution in [1.82, 2.24) is 4.98 Å². The zero-order chi connectivity index (χ0) is 18.6. The predicted octanol–water partition coefficient (Wildman–Crippen LogP) is 3.48. The van der Waals surface area contributed by atoms with Gasteiger partial charge in [0.15, 0.2) is 5.88 Å². The van der Waals surface area contributed by atoms with Crippen molar-refractivity contribution in [2.75, 3.05) is 0 Å². The molecule has 2 heterocycles. The molecule has 4 heteroatoms. The van der Waals surface area contributed by atoms with Gasteiger partial charge < -0.3 is 10.1 Å². The lowest BCUT2D eigenvalue weighted by Gasteiger charge is -2.05. The Bertz CT molecular complexity index is 1170. The monoisotopic (exact) mass is 346 g/mol. The van der Waals surface area contributed by atoms with Crippen molar-refractivity contribution in [2.24, 2.45) is 4.99 Å². The fourth-order valence-corrected chi connectivity index (χ4v) is 3.55. The average Bonchev–Trinajstić information content (AvgIpc) is 3.08. The van der Waals surface area contributed by atoms with Crippen LogP contribution in [0.3, 0.4) is 0 Å². The van der Waals surface area contributed by atoms with Crippen LogP contribution in [0.4, 0.5) is 0 Å². The highest BCUT2D eigenvalue weighted by Gasteiger charge is 2.25. The van der Waals surface area contributed by atoms with Crippen molar-refractivity contribution in [3.05, 3.63) is 63.7 Å². The number of aromatic amines is 1. The molecule has 0 bridgehead atoms. The minimum Gasteiger partial charge on any atom is -0.494 e. The molecule has 0 aliphatic carbocycles. The van der Waals surface area contributed by atoms with E-state index >= 15 is 0 Å². The molecule has 1 aromatic heterocycles. The maximum atomic E-state index is 12.7. The lowest BCUT2D eigenvalue weighted by molar-refractivity contribution is -0.112. The number of carbonyl (C=O) groups is 1. The third kappa shape index (κ3) is 2.45. The number of rotatable bonds is 3. The second-order valence-electron chi connectivity index (χ2n) is 7.53. The number of hydrogen-bond donors (Lipinski definition) is 2. The summed E-state index contributed by atoms with van der Waals surface area (Å²) in [5.74, 6) is 0.468. The second kappa shape index (κ2) is 5.84. The smallest absolute Gasteiger partial charge is 0.279 e. The van der Waals surface area contributed by atoms with Crippen LogP contribution in [0.2, 0.25) is 0 Å². The van der Waals surface area contributed by atoms with E-state index in [2.05, 4.69) is 37.7 Å².